The number of carboxylic acids is 1. The second-order valence-corrected chi connectivity index (χ2v) is 7.66. The van der Waals surface area contributed by atoms with Crippen molar-refractivity contribution in [2.75, 3.05) is 14.2 Å². The van der Waals surface area contributed by atoms with Crippen LogP contribution in [0.25, 0.3) is 11.1 Å². The Bertz CT molecular complexity index is 665. The van der Waals surface area contributed by atoms with E-state index in [1.165, 1.54) is 64.2 Å². The smallest absolute Gasteiger partial charge is 0.0889 e. The van der Waals surface area contributed by atoms with E-state index in [9.17, 15) is 0 Å². The van der Waals surface area contributed by atoms with Crippen LogP contribution in [0.4, 0.5) is 0 Å². The Kier molecular flexibility index (Phi) is 19.6. The standard InChI is InChI=1S/C14H13O2.2C6H11.C2H4O2.Pd/c1-15-12-9-6-10-13(16-2)14(12)11-7-4-3-5-8-11;2*1-2-4-6-5-3-1;1-2(3)4;/h3-7,9-10H,1-2H3;2*1H,2-6H2;1H3,(H,3,4);/q3*-1;;/p-1. The molecular formula is C28H38O4Pd-4. The number of rotatable bonds is 3. The molecule has 2 saturated carbocycles. The van der Waals surface area contributed by atoms with Gasteiger partial charge in [-0.25, -0.2) is 0 Å². The van der Waals surface area contributed by atoms with Crippen molar-refractivity contribution in [2.24, 2.45) is 0 Å². The summed E-state index contributed by atoms with van der Waals surface area (Å²) in [7, 11) is 3.31. The second kappa shape index (κ2) is 20.8. The van der Waals surface area contributed by atoms with Crippen molar-refractivity contribution >= 4 is 5.97 Å². The quantitative estimate of drug-likeness (QED) is 0.339. The Hall–Kier alpha value is -1.83. The fourth-order valence-electron chi connectivity index (χ4n) is 3.46. The van der Waals surface area contributed by atoms with E-state index in [1.54, 1.807) is 14.2 Å². The topological polar surface area (TPSA) is 58.6 Å². The first-order chi connectivity index (χ1) is 15.6. The van der Waals surface area contributed by atoms with Crippen LogP contribution < -0.4 is 14.6 Å². The Morgan fingerprint density at radius 1 is 0.818 bits per heavy atom. The van der Waals surface area contributed by atoms with Gasteiger partial charge in [-0.05, 0) is 24.6 Å². The SMILES string of the molecule is CC(=O)[O-].COc1cccc(OC)c1-c1[c-]cccc1.[CH-]1CCCCC1.[CH-]1CCCCC1.[Pd]. The number of methoxy groups -OCH3 is 2. The molecule has 0 aliphatic heterocycles. The molecule has 2 aliphatic carbocycles. The van der Waals surface area contributed by atoms with Gasteiger partial charge < -0.3 is 32.2 Å². The van der Waals surface area contributed by atoms with Crippen LogP contribution in [0.1, 0.15) is 71.1 Å². The summed E-state index contributed by atoms with van der Waals surface area (Å²) in [5, 5.41) is 8.89. The zero-order chi connectivity index (χ0) is 23.4. The fourth-order valence-corrected chi connectivity index (χ4v) is 3.46. The zero-order valence-corrected chi connectivity index (χ0v) is 21.8. The predicted molar refractivity (Wildman–Crippen MR) is 129 cm³/mol. The van der Waals surface area contributed by atoms with E-state index >= 15 is 0 Å². The molecule has 2 fully saturated rings. The van der Waals surface area contributed by atoms with E-state index in [1.807, 2.05) is 42.5 Å². The van der Waals surface area contributed by atoms with Crippen LogP contribution in [0.3, 0.4) is 0 Å². The average molecular weight is 545 g/mol. The molecule has 0 amide bonds. The van der Waals surface area contributed by atoms with Crippen molar-refractivity contribution in [2.45, 2.75) is 71.1 Å². The van der Waals surface area contributed by atoms with E-state index < -0.39 is 5.97 Å². The second-order valence-electron chi connectivity index (χ2n) is 7.66. The summed E-state index contributed by atoms with van der Waals surface area (Å²) < 4.78 is 10.7. The summed E-state index contributed by atoms with van der Waals surface area (Å²) in [4.78, 5) is 8.89. The fraction of sp³-hybridized carbons (Fsp3) is 0.464. The molecule has 33 heavy (non-hydrogen) atoms. The Morgan fingerprint density at radius 3 is 1.55 bits per heavy atom. The molecule has 0 radical (unpaired) electrons. The molecule has 0 saturated heterocycles. The van der Waals surface area contributed by atoms with Crippen molar-refractivity contribution in [3.63, 3.8) is 0 Å². The van der Waals surface area contributed by atoms with Crippen LogP contribution in [0, 0.1) is 18.9 Å². The van der Waals surface area contributed by atoms with Crippen LogP contribution in [0.5, 0.6) is 11.5 Å². The van der Waals surface area contributed by atoms with Gasteiger partial charge in [-0.15, -0.1) is 35.9 Å². The monoisotopic (exact) mass is 544 g/mol. The van der Waals surface area contributed by atoms with Crippen LogP contribution in [-0.2, 0) is 25.2 Å². The Balaban J connectivity index is 0.000000495. The van der Waals surface area contributed by atoms with Gasteiger partial charge in [0, 0.05) is 26.4 Å². The molecule has 0 bridgehead atoms. The zero-order valence-electron chi connectivity index (χ0n) is 20.2. The van der Waals surface area contributed by atoms with Crippen molar-refractivity contribution in [3.8, 4) is 22.6 Å². The van der Waals surface area contributed by atoms with Crippen LogP contribution in [-0.4, -0.2) is 20.2 Å². The molecule has 4 rings (SSSR count). The number of carbonyl (C=O) groups excluding carboxylic acids is 1. The number of hydrogen-bond donors (Lipinski definition) is 0. The minimum absolute atomic E-state index is 0. The van der Waals surface area contributed by atoms with Crippen molar-refractivity contribution in [3.05, 3.63) is 61.4 Å². The molecule has 0 unspecified atom stereocenters. The van der Waals surface area contributed by atoms with Gasteiger partial charge in [0.05, 0.1) is 25.7 Å². The minimum Gasteiger partial charge on any atom is -0.550 e. The normalized spacial score (nSPS) is 14.3. The molecule has 0 spiro atoms. The number of benzene rings is 2. The number of ether oxygens (including phenoxy) is 2. The van der Waals surface area contributed by atoms with Crippen molar-refractivity contribution < 1.29 is 39.8 Å². The predicted octanol–water partition coefficient (Wildman–Crippen LogP) is 6.23. The maximum Gasteiger partial charge on any atom is 0.0889 e. The Morgan fingerprint density at radius 2 is 1.27 bits per heavy atom. The number of carbonyl (C=O) groups is 1. The maximum absolute atomic E-state index is 8.89. The number of aliphatic carboxylic acids is 1. The summed E-state index contributed by atoms with van der Waals surface area (Å²) >= 11 is 0. The summed E-state index contributed by atoms with van der Waals surface area (Å²) in [5.74, 6) is 0.503. The van der Waals surface area contributed by atoms with Gasteiger partial charge in [-0.1, -0.05) is 44.6 Å². The third-order valence-corrected chi connectivity index (χ3v) is 5.04. The molecule has 188 valence electrons. The van der Waals surface area contributed by atoms with Crippen LogP contribution >= 0.6 is 0 Å². The largest absolute Gasteiger partial charge is 0.550 e. The maximum atomic E-state index is 8.89. The molecule has 2 aliphatic rings. The van der Waals surface area contributed by atoms with Gasteiger partial charge in [-0.3, -0.25) is 0 Å². The molecule has 4 nitrogen and oxygen atoms in total. The van der Waals surface area contributed by atoms with Gasteiger partial charge in [0.2, 0.25) is 0 Å². The summed E-state index contributed by atoms with van der Waals surface area (Å²) in [5.41, 5.74) is 1.91. The first-order valence-electron chi connectivity index (χ1n) is 11.6. The van der Waals surface area contributed by atoms with Gasteiger partial charge in [0.15, 0.2) is 0 Å². The van der Waals surface area contributed by atoms with Gasteiger partial charge in [-0.2, -0.15) is 25.7 Å². The third-order valence-electron chi connectivity index (χ3n) is 5.04. The van der Waals surface area contributed by atoms with E-state index in [0.29, 0.717) is 0 Å². The van der Waals surface area contributed by atoms with E-state index in [2.05, 4.69) is 18.9 Å². The van der Waals surface area contributed by atoms with Gasteiger partial charge in [0.25, 0.3) is 0 Å². The first-order valence-corrected chi connectivity index (χ1v) is 11.6. The number of carboxylic acid groups (broad SMARTS) is 1. The van der Waals surface area contributed by atoms with Crippen molar-refractivity contribution in [1.82, 2.24) is 0 Å². The average Bonchev–Trinajstić information content (AvgIpc) is 2.86. The molecule has 0 aromatic heterocycles. The van der Waals surface area contributed by atoms with Crippen LogP contribution in [0.2, 0.25) is 0 Å². The minimum atomic E-state index is -1.08. The Labute approximate surface area is 214 Å². The van der Waals surface area contributed by atoms with E-state index in [-0.39, 0.29) is 20.4 Å². The molecule has 0 atom stereocenters. The molecule has 5 heteroatoms. The molecule has 2 aromatic carbocycles. The molecular weight excluding hydrogens is 507 g/mol. The number of hydrogen-bond acceptors (Lipinski definition) is 4. The van der Waals surface area contributed by atoms with Crippen molar-refractivity contribution in [1.29, 1.82) is 0 Å². The third kappa shape index (κ3) is 14.8. The summed E-state index contributed by atoms with van der Waals surface area (Å²) in [6.07, 6.45) is 19.0. The summed E-state index contributed by atoms with van der Waals surface area (Å²) in [6.45, 7) is 0.972. The molecule has 0 N–H and O–H groups in total. The molecule has 0 heterocycles. The first kappa shape index (κ1) is 31.2. The van der Waals surface area contributed by atoms with Crippen LogP contribution in [0.15, 0.2) is 42.5 Å². The van der Waals surface area contributed by atoms with Gasteiger partial charge in [0.1, 0.15) is 0 Å². The van der Waals surface area contributed by atoms with Gasteiger partial charge >= 0.3 is 0 Å². The summed E-state index contributed by atoms with van der Waals surface area (Å²) in [6, 6.07) is 16.7. The molecule has 2 aromatic rings. The van der Waals surface area contributed by atoms with E-state index in [4.69, 9.17) is 19.4 Å². The van der Waals surface area contributed by atoms with E-state index in [0.717, 1.165) is 29.5 Å².